The molecule has 9 atom stereocenters. The van der Waals surface area contributed by atoms with Gasteiger partial charge in [-0.05, 0) is 94.5 Å². The van der Waals surface area contributed by atoms with Gasteiger partial charge in [-0.3, -0.25) is 58.4 Å². The average molecular weight is 1270 g/mol. The number of amides is 12. The predicted molar refractivity (Wildman–Crippen MR) is 329 cm³/mol. The molecule has 0 radical (unpaired) electrons. The smallest absolute Gasteiger partial charge is 0.330 e. The first-order chi connectivity index (χ1) is 43.2. The van der Waals surface area contributed by atoms with Crippen LogP contribution in [-0.2, 0) is 71.9 Å². The van der Waals surface area contributed by atoms with E-state index in [2.05, 4.69) is 67.9 Å². The number of aliphatic hydroxyl groups is 1. The van der Waals surface area contributed by atoms with Crippen LogP contribution < -0.4 is 70.6 Å². The number of nitrogens with one attached hydrogen (secondary N) is 12. The quantitative estimate of drug-likeness (QED) is 0.0103. The van der Waals surface area contributed by atoms with Gasteiger partial charge in [-0.2, -0.15) is 0 Å². The molecule has 32 heteroatoms. The van der Waals surface area contributed by atoms with E-state index in [1.54, 1.807) is 65.1 Å². The van der Waals surface area contributed by atoms with Gasteiger partial charge < -0.3 is 89.6 Å². The number of hydrogen-bond acceptors (Lipinski definition) is 16. The molecule has 4 aromatic rings. The Kier molecular flexibility index (Phi) is 25.6. The number of nitrogens with zero attached hydrogens (tertiary/aromatic N) is 3. The van der Waals surface area contributed by atoms with Gasteiger partial charge in [0.25, 0.3) is 5.91 Å². The molecule has 12 amide bonds. The Bertz CT molecular complexity index is 3240. The van der Waals surface area contributed by atoms with E-state index in [1.165, 1.54) is 41.7 Å². The number of phenolic OH excluding ortho intramolecular Hbond substituents is 1. The number of carbonyl (C=O) groups excluding carboxylic acids is 11. The van der Waals surface area contributed by atoms with E-state index in [4.69, 9.17) is 21.9 Å². The molecule has 2 aromatic carbocycles. The highest BCUT2D eigenvalue weighted by Crippen LogP contribution is 2.22. The van der Waals surface area contributed by atoms with Gasteiger partial charge in [-0.25, -0.2) is 15.2 Å². The molecule has 0 unspecified atom stereocenters. The molecular formula is C59H84N18O14. The number of aromatic nitrogens is 3. The zero-order valence-electron chi connectivity index (χ0n) is 51.4. The minimum Gasteiger partial charge on any atom is -0.508 e. The number of urea groups is 1. The number of para-hydroxylation sites is 1. The fraction of sp³-hybridized carbons (Fsp3) is 0.508. The van der Waals surface area contributed by atoms with Crippen molar-refractivity contribution in [2.24, 2.45) is 28.1 Å². The van der Waals surface area contributed by atoms with Crippen molar-refractivity contribution in [2.75, 3.05) is 26.3 Å². The second kappa shape index (κ2) is 33.1. The minimum absolute atomic E-state index is 0.00453. The Morgan fingerprint density at radius 1 is 0.725 bits per heavy atom. The SMILES string of the molecule is CC(C)C[C@H](NC(=O)[C@@H](COC(C)(C)C)NC(=O)[C@H](Cc1ccc(O)cc1)NC(=O)[C@H](CO)NC(=O)[C@H](Cc1c[nH]c2ccccc12)NC(=O)[C@@H](Cc1cnc[nH]1)NC(=O)[C@@H]1CCC(=O)N1)C(=O)N[C@@H](CCCN=C(N)N)C(=O)N1CCC[C@H]1C(=O)NNC(N)=O. The van der Waals surface area contributed by atoms with Crippen LogP contribution in [0.2, 0.25) is 0 Å². The van der Waals surface area contributed by atoms with Gasteiger partial charge in [-0.1, -0.05) is 44.2 Å². The lowest BCUT2D eigenvalue weighted by Gasteiger charge is -2.31. The van der Waals surface area contributed by atoms with Gasteiger partial charge in [0, 0.05) is 67.8 Å². The summed E-state index contributed by atoms with van der Waals surface area (Å²) < 4.78 is 6.03. The maximum Gasteiger partial charge on any atom is 0.330 e. The molecule has 2 aliphatic rings. The van der Waals surface area contributed by atoms with Crippen molar-refractivity contribution in [3.05, 3.63) is 84.1 Å². The van der Waals surface area contributed by atoms with Crippen molar-refractivity contribution in [2.45, 2.75) is 159 Å². The standard InChI is InChI=1S/C59H84N18O14/c1-31(2)22-40(49(82)68-39(12-8-20-64-57(60)61)56(89)77-21-9-13-46(77)55(88)75-76-58(62)90)69-54(87)45(29-91-59(3,4)5)74-50(83)41(23-32-14-16-35(79)17-15-32)70-53(86)44(28-78)73-51(84)42(24-33-26-65-37-11-7-6-10-36(33)37)71-52(85)43(25-34-27-63-30-66-34)72-48(81)38-18-19-47(80)67-38/h6-7,10-11,14-17,26-27,30-31,38-46,65,78-79H,8-9,12-13,18-25,28-29H2,1-5H3,(H,63,66)(H,67,80)(H,68,82)(H,69,87)(H,70,86)(H,71,85)(H,72,81)(H,73,84)(H,74,83)(H,75,88)(H4,60,61,64)(H3,62,76,90)/t38-,39-,40-,41-,42-,43+,44-,45+,46-/m0/s1. The molecule has 2 aliphatic heterocycles. The van der Waals surface area contributed by atoms with Crippen LogP contribution in [0.1, 0.15) is 96.4 Å². The van der Waals surface area contributed by atoms with Crippen LogP contribution in [0.25, 0.3) is 10.9 Å². The van der Waals surface area contributed by atoms with Gasteiger partial charge in [0.05, 0.1) is 25.1 Å². The van der Waals surface area contributed by atoms with Crippen molar-refractivity contribution < 1.29 is 67.7 Å². The number of imidazole rings is 1. The summed E-state index contributed by atoms with van der Waals surface area (Å²) in [6, 6.07) is -0.716. The first-order valence-corrected chi connectivity index (χ1v) is 29.9. The van der Waals surface area contributed by atoms with Crippen molar-refractivity contribution in [1.29, 1.82) is 0 Å². The lowest BCUT2D eigenvalue weighted by atomic mass is 10.0. The molecule has 4 heterocycles. The van der Waals surface area contributed by atoms with Crippen molar-refractivity contribution in [3.63, 3.8) is 0 Å². The molecule has 0 spiro atoms. The van der Waals surface area contributed by atoms with E-state index < -0.39 is 132 Å². The van der Waals surface area contributed by atoms with Crippen LogP contribution in [0, 0.1) is 5.92 Å². The number of guanidine groups is 1. The van der Waals surface area contributed by atoms with Crippen LogP contribution >= 0.6 is 0 Å². The number of hydrazine groups is 1. The van der Waals surface area contributed by atoms with Crippen molar-refractivity contribution in [1.82, 2.24) is 73.2 Å². The number of aromatic hydroxyl groups is 1. The van der Waals surface area contributed by atoms with Crippen LogP contribution in [-0.4, -0.2) is 187 Å². The zero-order chi connectivity index (χ0) is 66.5. The molecule has 2 aromatic heterocycles. The number of primary amides is 1. The number of aliphatic imine (C=N–C) groups is 1. The lowest BCUT2D eigenvalue weighted by Crippen LogP contribution is -2.62. The summed E-state index contributed by atoms with van der Waals surface area (Å²) in [5.74, 6) is -8.58. The van der Waals surface area contributed by atoms with E-state index in [0.717, 1.165) is 0 Å². The van der Waals surface area contributed by atoms with Gasteiger partial charge >= 0.3 is 6.03 Å². The normalized spacial score (nSPS) is 17.0. The third-order valence-electron chi connectivity index (χ3n) is 14.8. The molecule has 32 nitrogen and oxygen atoms in total. The Balaban J connectivity index is 1.24. The van der Waals surface area contributed by atoms with Gasteiger partial charge in [0.2, 0.25) is 53.2 Å². The van der Waals surface area contributed by atoms with Gasteiger partial charge in [0.1, 0.15) is 60.1 Å². The number of carbonyl (C=O) groups is 11. The largest absolute Gasteiger partial charge is 0.508 e. The lowest BCUT2D eigenvalue weighted by molar-refractivity contribution is -0.142. The Morgan fingerprint density at radius 3 is 1.95 bits per heavy atom. The number of likely N-dealkylation sites (tertiary alicyclic amines) is 1. The van der Waals surface area contributed by atoms with Crippen molar-refractivity contribution in [3.8, 4) is 5.75 Å². The summed E-state index contributed by atoms with van der Waals surface area (Å²) in [5.41, 5.74) is 21.6. The first-order valence-electron chi connectivity index (χ1n) is 29.9. The van der Waals surface area contributed by atoms with E-state index in [-0.39, 0.29) is 94.4 Å². The second-order valence-electron chi connectivity index (χ2n) is 23.7. The summed E-state index contributed by atoms with van der Waals surface area (Å²) >= 11 is 0. The summed E-state index contributed by atoms with van der Waals surface area (Å²) in [4.78, 5) is 167. The zero-order valence-corrected chi connectivity index (χ0v) is 51.4. The highest BCUT2D eigenvalue weighted by molar-refractivity contribution is 5.99. The van der Waals surface area contributed by atoms with E-state index in [1.807, 2.05) is 5.43 Å². The number of aliphatic hydroxyl groups excluding tert-OH is 1. The molecule has 0 saturated carbocycles. The number of benzene rings is 2. The highest BCUT2D eigenvalue weighted by Gasteiger charge is 2.40. The number of hydrogen-bond donors (Lipinski definition) is 17. The minimum atomic E-state index is -1.80. The predicted octanol–water partition coefficient (Wildman–Crippen LogP) is -3.11. The number of ether oxygens (including phenoxy) is 1. The number of nitrogens with two attached hydrogens (primary N) is 3. The molecule has 91 heavy (non-hydrogen) atoms. The maximum absolute atomic E-state index is 14.8. The van der Waals surface area contributed by atoms with Crippen LogP contribution in [0.15, 0.2) is 72.2 Å². The van der Waals surface area contributed by atoms with E-state index >= 15 is 0 Å². The molecule has 0 bridgehead atoms. The second-order valence-corrected chi connectivity index (χ2v) is 23.7. The maximum atomic E-state index is 14.8. The molecule has 494 valence electrons. The van der Waals surface area contributed by atoms with Gasteiger partial charge in [0.15, 0.2) is 5.96 Å². The Labute approximate surface area is 524 Å². The summed E-state index contributed by atoms with van der Waals surface area (Å²) in [7, 11) is 0. The van der Waals surface area contributed by atoms with E-state index in [0.29, 0.717) is 34.1 Å². The molecular weight excluding hydrogens is 1180 g/mol. The third kappa shape index (κ3) is 21.7. The van der Waals surface area contributed by atoms with Crippen LogP contribution in [0.3, 0.4) is 0 Å². The van der Waals surface area contributed by atoms with Crippen LogP contribution in [0.4, 0.5) is 4.79 Å². The fourth-order valence-corrected chi connectivity index (χ4v) is 10.2. The Morgan fingerprint density at radius 2 is 1.33 bits per heavy atom. The Hall–Kier alpha value is -9.85. The average Bonchev–Trinajstić information content (AvgIpc) is 1.85. The number of phenols is 1. The highest BCUT2D eigenvalue weighted by atomic mass is 16.5. The third-order valence-corrected chi connectivity index (χ3v) is 14.8. The summed E-state index contributed by atoms with van der Waals surface area (Å²) in [5, 5.41) is 42.8. The number of fused-ring (bicyclic) bond motifs is 1. The molecule has 2 saturated heterocycles. The number of H-pyrrole nitrogens is 2. The molecule has 20 N–H and O–H groups in total. The summed E-state index contributed by atoms with van der Waals surface area (Å²) in [6.07, 6.45) is 4.91. The van der Waals surface area contributed by atoms with Gasteiger partial charge in [-0.15, -0.1) is 0 Å². The summed E-state index contributed by atoms with van der Waals surface area (Å²) in [6.45, 7) is 7.28. The van der Waals surface area contributed by atoms with E-state index in [9.17, 15) is 63.0 Å². The number of rotatable bonds is 31. The monoisotopic (exact) mass is 1270 g/mol. The van der Waals surface area contributed by atoms with Crippen molar-refractivity contribution >= 4 is 82.0 Å². The molecule has 0 aliphatic carbocycles. The molecule has 6 rings (SSSR count). The number of aromatic amines is 2. The first kappa shape index (κ1) is 70.2. The van der Waals surface area contributed by atoms with Crippen LogP contribution in [0.5, 0.6) is 5.75 Å². The topological polar surface area (TPSA) is 496 Å². The fourth-order valence-electron chi connectivity index (χ4n) is 10.2. The molecule has 2 fully saturated rings.